The number of aliphatic hydroxyl groups is 1. The SMILES string of the molecule is CC1(C)Cc2c(Br)cc(F)cc2C1O. The van der Waals surface area contributed by atoms with Crippen LogP contribution in [0.25, 0.3) is 0 Å². The maximum Gasteiger partial charge on any atom is 0.124 e. The monoisotopic (exact) mass is 258 g/mol. The molecule has 0 spiro atoms. The average Bonchev–Trinajstić information content (AvgIpc) is 2.28. The molecular formula is C11H12BrFO. The van der Waals surface area contributed by atoms with E-state index < -0.39 is 6.10 Å². The van der Waals surface area contributed by atoms with Crippen molar-refractivity contribution in [2.24, 2.45) is 5.41 Å². The van der Waals surface area contributed by atoms with E-state index in [1.165, 1.54) is 12.1 Å². The summed E-state index contributed by atoms with van der Waals surface area (Å²) in [7, 11) is 0. The highest BCUT2D eigenvalue weighted by Gasteiger charge is 2.38. The Morgan fingerprint density at radius 3 is 2.79 bits per heavy atom. The predicted octanol–water partition coefficient (Wildman–Crippen LogP) is 3.20. The van der Waals surface area contributed by atoms with Crippen LogP contribution < -0.4 is 0 Å². The molecule has 0 radical (unpaired) electrons. The van der Waals surface area contributed by atoms with Gasteiger partial charge in [0.15, 0.2) is 0 Å². The van der Waals surface area contributed by atoms with Gasteiger partial charge in [0.1, 0.15) is 5.82 Å². The van der Waals surface area contributed by atoms with Crippen LogP contribution in [-0.2, 0) is 6.42 Å². The van der Waals surface area contributed by atoms with Crippen molar-refractivity contribution in [3.8, 4) is 0 Å². The first-order valence-electron chi connectivity index (χ1n) is 4.58. The Kier molecular flexibility index (Phi) is 2.20. The molecule has 1 unspecified atom stereocenters. The molecule has 1 aliphatic rings. The van der Waals surface area contributed by atoms with Gasteiger partial charge in [-0.05, 0) is 35.1 Å². The topological polar surface area (TPSA) is 20.2 Å². The zero-order valence-corrected chi connectivity index (χ0v) is 9.73. The molecule has 0 aromatic heterocycles. The second-order valence-corrected chi connectivity index (χ2v) is 5.38. The first-order chi connectivity index (χ1) is 6.42. The normalized spacial score (nSPS) is 23.6. The lowest BCUT2D eigenvalue weighted by Crippen LogP contribution is -2.16. The number of aliphatic hydroxyl groups excluding tert-OH is 1. The molecule has 1 aromatic rings. The lowest BCUT2D eigenvalue weighted by molar-refractivity contribution is 0.0664. The van der Waals surface area contributed by atoms with E-state index in [1.54, 1.807) is 0 Å². The zero-order chi connectivity index (χ0) is 10.5. The van der Waals surface area contributed by atoms with Crippen molar-refractivity contribution in [1.82, 2.24) is 0 Å². The van der Waals surface area contributed by atoms with Crippen molar-refractivity contribution in [3.63, 3.8) is 0 Å². The molecule has 1 atom stereocenters. The van der Waals surface area contributed by atoms with Crippen molar-refractivity contribution in [1.29, 1.82) is 0 Å². The number of fused-ring (bicyclic) bond motifs is 1. The quantitative estimate of drug-likeness (QED) is 0.758. The lowest BCUT2D eigenvalue weighted by atomic mass is 9.88. The van der Waals surface area contributed by atoms with Gasteiger partial charge in [0.05, 0.1) is 6.10 Å². The fourth-order valence-corrected chi connectivity index (χ4v) is 2.61. The predicted molar refractivity (Wildman–Crippen MR) is 56.5 cm³/mol. The molecule has 2 rings (SSSR count). The van der Waals surface area contributed by atoms with Crippen LogP contribution in [0.15, 0.2) is 16.6 Å². The molecule has 0 saturated heterocycles. The molecule has 0 aliphatic heterocycles. The van der Waals surface area contributed by atoms with Gasteiger partial charge in [0.2, 0.25) is 0 Å². The lowest BCUT2D eigenvalue weighted by Gasteiger charge is -2.22. The first-order valence-corrected chi connectivity index (χ1v) is 5.37. The first kappa shape index (κ1) is 10.1. The molecule has 1 N–H and O–H groups in total. The van der Waals surface area contributed by atoms with Gasteiger partial charge in [0.25, 0.3) is 0 Å². The van der Waals surface area contributed by atoms with Crippen molar-refractivity contribution in [3.05, 3.63) is 33.5 Å². The largest absolute Gasteiger partial charge is 0.388 e. The van der Waals surface area contributed by atoms with Crippen LogP contribution in [0.5, 0.6) is 0 Å². The zero-order valence-electron chi connectivity index (χ0n) is 8.14. The number of hydrogen-bond donors (Lipinski definition) is 1. The Bertz CT molecular complexity index is 387. The van der Waals surface area contributed by atoms with Gasteiger partial charge in [-0.1, -0.05) is 29.8 Å². The Balaban J connectivity index is 2.59. The summed E-state index contributed by atoms with van der Waals surface area (Å²) < 4.78 is 13.9. The van der Waals surface area contributed by atoms with Crippen molar-refractivity contribution in [2.45, 2.75) is 26.4 Å². The third-order valence-corrected chi connectivity index (χ3v) is 3.57. The summed E-state index contributed by atoms with van der Waals surface area (Å²) in [4.78, 5) is 0. The average molecular weight is 259 g/mol. The number of hydrogen-bond acceptors (Lipinski definition) is 1. The fourth-order valence-electron chi connectivity index (χ4n) is 2.03. The summed E-state index contributed by atoms with van der Waals surface area (Å²) in [5.41, 5.74) is 1.56. The Morgan fingerprint density at radius 1 is 1.50 bits per heavy atom. The summed E-state index contributed by atoms with van der Waals surface area (Å²) in [6, 6.07) is 2.88. The van der Waals surface area contributed by atoms with E-state index in [1.807, 2.05) is 13.8 Å². The van der Waals surface area contributed by atoms with Crippen LogP contribution in [0.4, 0.5) is 4.39 Å². The van der Waals surface area contributed by atoms with Crippen molar-refractivity contribution in [2.75, 3.05) is 0 Å². The molecule has 0 amide bonds. The van der Waals surface area contributed by atoms with Crippen LogP contribution in [-0.4, -0.2) is 5.11 Å². The molecular weight excluding hydrogens is 247 g/mol. The van der Waals surface area contributed by atoms with Crippen LogP contribution in [0.2, 0.25) is 0 Å². The summed E-state index contributed by atoms with van der Waals surface area (Å²) >= 11 is 3.33. The Labute approximate surface area is 91.1 Å². The van der Waals surface area contributed by atoms with E-state index >= 15 is 0 Å². The molecule has 76 valence electrons. The number of benzene rings is 1. The molecule has 1 aromatic carbocycles. The minimum Gasteiger partial charge on any atom is -0.388 e. The molecule has 0 fully saturated rings. The van der Waals surface area contributed by atoms with E-state index in [2.05, 4.69) is 15.9 Å². The van der Waals surface area contributed by atoms with Gasteiger partial charge in [-0.15, -0.1) is 0 Å². The highest BCUT2D eigenvalue weighted by molar-refractivity contribution is 9.10. The van der Waals surface area contributed by atoms with Gasteiger partial charge >= 0.3 is 0 Å². The smallest absolute Gasteiger partial charge is 0.124 e. The van der Waals surface area contributed by atoms with Crippen LogP contribution in [0, 0.1) is 11.2 Å². The summed E-state index contributed by atoms with van der Waals surface area (Å²) in [6.07, 6.45) is 0.217. The minimum atomic E-state index is -0.565. The van der Waals surface area contributed by atoms with Gasteiger partial charge < -0.3 is 5.11 Å². The third-order valence-electron chi connectivity index (χ3n) is 2.86. The molecule has 1 nitrogen and oxygen atoms in total. The standard InChI is InChI=1S/C11H12BrFO/c1-11(2)5-8-7(10(11)14)3-6(13)4-9(8)12/h3-4,10,14H,5H2,1-2H3. The van der Waals surface area contributed by atoms with E-state index in [0.717, 1.165) is 22.0 Å². The van der Waals surface area contributed by atoms with Crippen LogP contribution in [0.3, 0.4) is 0 Å². The van der Waals surface area contributed by atoms with Gasteiger partial charge in [0, 0.05) is 4.47 Å². The molecule has 0 bridgehead atoms. The van der Waals surface area contributed by atoms with Crippen molar-refractivity contribution < 1.29 is 9.50 Å². The van der Waals surface area contributed by atoms with Gasteiger partial charge in [-0.3, -0.25) is 0 Å². The van der Waals surface area contributed by atoms with Crippen LogP contribution in [0.1, 0.15) is 31.1 Å². The van der Waals surface area contributed by atoms with E-state index in [-0.39, 0.29) is 11.2 Å². The summed E-state index contributed by atoms with van der Waals surface area (Å²) in [6.45, 7) is 3.98. The highest BCUT2D eigenvalue weighted by Crippen LogP contribution is 2.47. The Hall–Kier alpha value is -0.410. The second-order valence-electron chi connectivity index (χ2n) is 4.52. The molecule has 14 heavy (non-hydrogen) atoms. The molecule has 0 heterocycles. The second kappa shape index (κ2) is 3.04. The van der Waals surface area contributed by atoms with Gasteiger partial charge in [-0.2, -0.15) is 0 Å². The van der Waals surface area contributed by atoms with Crippen molar-refractivity contribution >= 4 is 15.9 Å². The molecule has 3 heteroatoms. The summed E-state index contributed by atoms with van der Waals surface area (Å²) in [5.74, 6) is -0.299. The minimum absolute atomic E-state index is 0.196. The maximum absolute atomic E-state index is 13.1. The Morgan fingerprint density at radius 2 is 2.14 bits per heavy atom. The van der Waals surface area contributed by atoms with Gasteiger partial charge in [-0.25, -0.2) is 4.39 Å². The van der Waals surface area contributed by atoms with E-state index in [4.69, 9.17) is 0 Å². The third kappa shape index (κ3) is 1.39. The van der Waals surface area contributed by atoms with E-state index in [9.17, 15) is 9.50 Å². The molecule has 1 aliphatic carbocycles. The van der Waals surface area contributed by atoms with Crippen LogP contribution >= 0.6 is 15.9 Å². The summed E-state index contributed by atoms with van der Waals surface area (Å²) in [5, 5.41) is 9.97. The number of halogens is 2. The fraction of sp³-hybridized carbons (Fsp3) is 0.455. The molecule has 0 saturated carbocycles. The maximum atomic E-state index is 13.1. The highest BCUT2D eigenvalue weighted by atomic mass is 79.9. The van der Waals surface area contributed by atoms with E-state index in [0.29, 0.717) is 0 Å². The number of rotatable bonds is 0.